The fourth-order valence-electron chi connectivity index (χ4n) is 5.77. The maximum atomic E-state index is 14.7. The Labute approximate surface area is 214 Å². The first-order valence-corrected chi connectivity index (χ1v) is 12.5. The van der Waals surface area contributed by atoms with E-state index in [4.69, 9.17) is 5.73 Å². The van der Waals surface area contributed by atoms with Crippen molar-refractivity contribution >= 4 is 17.6 Å². The summed E-state index contributed by atoms with van der Waals surface area (Å²) in [5, 5.41) is 21.0. The second-order valence-electron chi connectivity index (χ2n) is 9.61. The molecule has 2 amide bonds. The molecule has 0 spiro atoms. The Morgan fingerprint density at radius 3 is 2.65 bits per heavy atom. The molecule has 1 saturated heterocycles. The van der Waals surface area contributed by atoms with Crippen molar-refractivity contribution in [1.29, 1.82) is 5.26 Å². The summed E-state index contributed by atoms with van der Waals surface area (Å²) < 4.78 is 14.7. The molecule has 5 rings (SSSR count). The van der Waals surface area contributed by atoms with Crippen LogP contribution in [0.25, 0.3) is 0 Å². The van der Waals surface area contributed by atoms with E-state index in [0.29, 0.717) is 50.2 Å². The standard InChI is InChI=1S/C27H28FN7O2/c28-20-8-7-18-4-3-17-5-6-19(25(30)37)12-22(17)27(23(18)13-20,26-32-16-33-34-26)9-10-31-15-24(36)35-11-1-2-21(35)14-29/h5-8,12-13,21,31H,1-4,9-11,15-16H2,(H2,30,37)/t21-,27?/m0/s1. The van der Waals surface area contributed by atoms with Gasteiger partial charge in [0, 0.05) is 12.1 Å². The highest BCUT2D eigenvalue weighted by Gasteiger charge is 2.45. The van der Waals surface area contributed by atoms with E-state index in [-0.39, 0.29) is 31.0 Å². The molecule has 190 valence electrons. The lowest BCUT2D eigenvalue weighted by Gasteiger charge is -2.35. The van der Waals surface area contributed by atoms with E-state index in [1.54, 1.807) is 23.1 Å². The maximum absolute atomic E-state index is 14.7. The van der Waals surface area contributed by atoms with Crippen molar-refractivity contribution in [2.45, 2.75) is 43.6 Å². The van der Waals surface area contributed by atoms with Crippen molar-refractivity contribution in [2.24, 2.45) is 21.0 Å². The average molecular weight is 502 g/mol. The zero-order chi connectivity index (χ0) is 26.0. The fraction of sp³-hybridized carbons (Fsp3) is 0.407. The molecule has 1 aliphatic carbocycles. The number of rotatable bonds is 7. The Morgan fingerprint density at radius 1 is 1.19 bits per heavy atom. The Bertz CT molecular complexity index is 1350. The summed E-state index contributed by atoms with van der Waals surface area (Å²) in [4.78, 5) is 31.1. The number of primary amides is 1. The highest BCUT2D eigenvalue weighted by atomic mass is 19.1. The number of hydrogen-bond acceptors (Lipinski definition) is 7. The van der Waals surface area contributed by atoms with Gasteiger partial charge in [0.25, 0.3) is 0 Å². The van der Waals surface area contributed by atoms with E-state index < -0.39 is 11.3 Å². The molecule has 10 heteroatoms. The molecule has 1 unspecified atom stereocenters. The van der Waals surface area contributed by atoms with Gasteiger partial charge in [-0.2, -0.15) is 10.4 Å². The smallest absolute Gasteiger partial charge is 0.248 e. The summed E-state index contributed by atoms with van der Waals surface area (Å²) in [5.41, 5.74) is 8.47. The van der Waals surface area contributed by atoms with Crippen molar-refractivity contribution in [1.82, 2.24) is 10.2 Å². The Hall–Kier alpha value is -3.97. The molecule has 0 bridgehead atoms. The van der Waals surface area contributed by atoms with Crippen LogP contribution in [0, 0.1) is 17.1 Å². The van der Waals surface area contributed by atoms with E-state index in [2.05, 4.69) is 26.6 Å². The van der Waals surface area contributed by atoms with E-state index in [9.17, 15) is 19.2 Å². The van der Waals surface area contributed by atoms with Crippen LogP contribution < -0.4 is 11.1 Å². The van der Waals surface area contributed by atoms with Gasteiger partial charge in [-0.3, -0.25) is 9.59 Å². The highest BCUT2D eigenvalue weighted by Crippen LogP contribution is 2.45. The van der Waals surface area contributed by atoms with Crippen LogP contribution in [0.4, 0.5) is 4.39 Å². The van der Waals surface area contributed by atoms with Crippen molar-refractivity contribution in [3.63, 3.8) is 0 Å². The Balaban J connectivity index is 1.53. The monoisotopic (exact) mass is 501 g/mol. The van der Waals surface area contributed by atoms with Gasteiger partial charge >= 0.3 is 0 Å². The number of nitrogens with zero attached hydrogens (tertiary/aromatic N) is 5. The van der Waals surface area contributed by atoms with Gasteiger partial charge < -0.3 is 16.0 Å². The number of carbonyl (C=O) groups is 2. The minimum atomic E-state index is -0.992. The van der Waals surface area contributed by atoms with Gasteiger partial charge in [-0.15, -0.1) is 5.11 Å². The Kier molecular flexibility index (Phi) is 6.80. The lowest BCUT2D eigenvalue weighted by molar-refractivity contribution is -0.130. The predicted octanol–water partition coefficient (Wildman–Crippen LogP) is 2.63. The lowest BCUT2D eigenvalue weighted by Crippen LogP contribution is -2.43. The van der Waals surface area contributed by atoms with Crippen LogP contribution in [-0.4, -0.2) is 54.9 Å². The Morgan fingerprint density at radius 2 is 1.95 bits per heavy atom. The molecule has 2 atom stereocenters. The van der Waals surface area contributed by atoms with Gasteiger partial charge in [-0.05, 0) is 85.2 Å². The molecule has 0 saturated carbocycles. The van der Waals surface area contributed by atoms with Crippen molar-refractivity contribution < 1.29 is 14.0 Å². The second kappa shape index (κ2) is 10.2. The van der Waals surface area contributed by atoms with Gasteiger partial charge in [-0.25, -0.2) is 9.38 Å². The molecular formula is C27H28FN7O2. The van der Waals surface area contributed by atoms with Crippen molar-refractivity contribution in [3.8, 4) is 6.07 Å². The average Bonchev–Trinajstić information content (AvgIpc) is 3.59. The molecule has 3 N–H and O–H groups in total. The van der Waals surface area contributed by atoms with Crippen LogP contribution in [0.2, 0.25) is 0 Å². The summed E-state index contributed by atoms with van der Waals surface area (Å²) in [6, 6.07) is 11.9. The number of azo groups is 1. The number of amides is 2. The molecule has 2 heterocycles. The lowest BCUT2D eigenvalue weighted by atomic mass is 9.68. The third-order valence-electron chi connectivity index (χ3n) is 7.56. The minimum absolute atomic E-state index is 0.0758. The zero-order valence-corrected chi connectivity index (χ0v) is 20.4. The number of nitriles is 1. The number of carbonyl (C=O) groups excluding carboxylic acids is 2. The van der Waals surface area contributed by atoms with Crippen LogP contribution in [0.5, 0.6) is 0 Å². The van der Waals surface area contributed by atoms with Gasteiger partial charge in [0.15, 0.2) is 12.5 Å². The first-order chi connectivity index (χ1) is 17.9. The minimum Gasteiger partial charge on any atom is -0.366 e. The molecule has 9 nitrogen and oxygen atoms in total. The molecule has 2 aromatic rings. The van der Waals surface area contributed by atoms with Crippen LogP contribution in [0.15, 0.2) is 51.6 Å². The number of halogens is 1. The normalized spacial score (nSPS) is 22.1. The number of amidine groups is 1. The molecule has 0 aromatic heterocycles. The third-order valence-corrected chi connectivity index (χ3v) is 7.56. The predicted molar refractivity (Wildman–Crippen MR) is 135 cm³/mol. The zero-order valence-electron chi connectivity index (χ0n) is 20.4. The largest absolute Gasteiger partial charge is 0.366 e. The number of fused-ring (bicyclic) bond motifs is 2. The molecule has 2 aliphatic heterocycles. The van der Waals surface area contributed by atoms with Gasteiger partial charge in [0.1, 0.15) is 11.9 Å². The van der Waals surface area contributed by atoms with Gasteiger partial charge in [-0.1, -0.05) is 12.1 Å². The van der Waals surface area contributed by atoms with Crippen LogP contribution in [-0.2, 0) is 23.1 Å². The van der Waals surface area contributed by atoms with Crippen LogP contribution in [0.3, 0.4) is 0 Å². The van der Waals surface area contributed by atoms with E-state index in [1.165, 1.54) is 12.1 Å². The maximum Gasteiger partial charge on any atom is 0.248 e. The summed E-state index contributed by atoms with van der Waals surface area (Å²) in [5.74, 6) is -0.620. The molecule has 3 aliphatic rings. The SMILES string of the molecule is N#C[C@@H]1CCCN1C(=O)CNCCC1(C2=NCN=N2)c2cc(F)ccc2CCc2ccc(C(N)=O)cc21. The van der Waals surface area contributed by atoms with Gasteiger partial charge in [0.2, 0.25) is 11.8 Å². The number of nitrogens with two attached hydrogens (primary N) is 1. The number of aryl methyl sites for hydroxylation is 2. The van der Waals surface area contributed by atoms with Crippen LogP contribution >= 0.6 is 0 Å². The topological polar surface area (TPSA) is 136 Å². The molecule has 0 radical (unpaired) electrons. The summed E-state index contributed by atoms with van der Waals surface area (Å²) in [6.07, 6.45) is 3.28. The van der Waals surface area contributed by atoms with E-state index >= 15 is 0 Å². The highest BCUT2D eigenvalue weighted by molar-refractivity contribution is 6.00. The number of hydrogen-bond donors (Lipinski definition) is 2. The molecule has 2 aromatic carbocycles. The summed E-state index contributed by atoms with van der Waals surface area (Å²) in [7, 11) is 0. The first-order valence-electron chi connectivity index (χ1n) is 12.5. The van der Waals surface area contributed by atoms with Gasteiger partial charge in [0.05, 0.1) is 18.0 Å². The fourth-order valence-corrected chi connectivity index (χ4v) is 5.77. The number of nitrogens with one attached hydrogen (secondary N) is 1. The first kappa shape index (κ1) is 24.7. The van der Waals surface area contributed by atoms with Crippen LogP contribution in [0.1, 0.15) is 51.9 Å². The van der Waals surface area contributed by atoms with E-state index in [1.807, 2.05) is 6.07 Å². The summed E-state index contributed by atoms with van der Waals surface area (Å²) >= 11 is 0. The van der Waals surface area contributed by atoms with Crippen molar-refractivity contribution in [2.75, 3.05) is 26.3 Å². The molecule has 1 fully saturated rings. The number of likely N-dealkylation sites (tertiary alicyclic amines) is 1. The summed E-state index contributed by atoms with van der Waals surface area (Å²) in [6.45, 7) is 1.20. The van der Waals surface area contributed by atoms with E-state index in [0.717, 1.165) is 28.7 Å². The number of aliphatic imine (C=N–C) groups is 1. The van der Waals surface area contributed by atoms with Crippen molar-refractivity contribution in [3.05, 3.63) is 70.0 Å². The third kappa shape index (κ3) is 4.51. The molecule has 37 heavy (non-hydrogen) atoms. The second-order valence-corrected chi connectivity index (χ2v) is 9.61. The quantitative estimate of drug-likeness (QED) is 0.564. The number of benzene rings is 2. The molecular weight excluding hydrogens is 473 g/mol.